The molecule has 0 atom stereocenters. The van der Waals surface area contributed by atoms with Gasteiger partial charge >= 0.3 is 0 Å². The SMILES string of the molecule is COc1cccc(CC(=O)Nc2c3c(nn2-c2ccc(F)cc2)CSC3)c1. The second-order valence-electron chi connectivity index (χ2n) is 6.23. The summed E-state index contributed by atoms with van der Waals surface area (Å²) in [6, 6.07) is 13.5. The van der Waals surface area contributed by atoms with Crippen LogP contribution in [0.15, 0.2) is 48.5 Å². The Morgan fingerprint density at radius 3 is 2.85 bits per heavy atom. The number of nitrogens with one attached hydrogen (secondary N) is 1. The molecule has 2 heterocycles. The van der Waals surface area contributed by atoms with Crippen LogP contribution in [0.25, 0.3) is 5.69 Å². The minimum Gasteiger partial charge on any atom is -0.497 e. The molecule has 1 aliphatic rings. The molecule has 0 bridgehead atoms. The van der Waals surface area contributed by atoms with E-state index < -0.39 is 0 Å². The highest BCUT2D eigenvalue weighted by atomic mass is 32.2. The number of rotatable bonds is 5. The number of anilines is 1. The van der Waals surface area contributed by atoms with Crippen LogP contribution in [-0.2, 0) is 22.7 Å². The third-order valence-electron chi connectivity index (χ3n) is 4.38. The zero-order valence-electron chi connectivity index (χ0n) is 14.7. The fourth-order valence-corrected chi connectivity index (χ4v) is 4.09. The van der Waals surface area contributed by atoms with E-state index >= 15 is 0 Å². The number of methoxy groups -OCH3 is 1. The predicted molar refractivity (Wildman–Crippen MR) is 104 cm³/mol. The molecule has 0 fully saturated rings. The third-order valence-corrected chi connectivity index (χ3v) is 5.35. The van der Waals surface area contributed by atoms with Gasteiger partial charge in [0.25, 0.3) is 0 Å². The van der Waals surface area contributed by atoms with Gasteiger partial charge in [0.05, 0.1) is 24.9 Å². The number of carbonyl (C=O) groups excluding carboxylic acids is 1. The Kier molecular flexibility index (Phi) is 4.85. The molecule has 3 aromatic rings. The number of amides is 1. The van der Waals surface area contributed by atoms with Gasteiger partial charge in [-0.25, -0.2) is 9.07 Å². The van der Waals surface area contributed by atoms with Crippen molar-refractivity contribution in [2.75, 3.05) is 12.4 Å². The van der Waals surface area contributed by atoms with E-state index in [0.29, 0.717) is 17.3 Å². The van der Waals surface area contributed by atoms with Crippen molar-refractivity contribution < 1.29 is 13.9 Å². The molecule has 1 aromatic heterocycles. The van der Waals surface area contributed by atoms with Crippen molar-refractivity contribution in [1.82, 2.24) is 9.78 Å². The van der Waals surface area contributed by atoms with Crippen molar-refractivity contribution in [2.45, 2.75) is 17.9 Å². The molecule has 2 aromatic carbocycles. The predicted octanol–water partition coefficient (Wildman–Crippen LogP) is 3.95. The van der Waals surface area contributed by atoms with E-state index in [4.69, 9.17) is 4.74 Å². The van der Waals surface area contributed by atoms with Crippen molar-refractivity contribution in [2.24, 2.45) is 0 Å². The van der Waals surface area contributed by atoms with Gasteiger partial charge in [0, 0.05) is 17.1 Å². The maximum atomic E-state index is 13.3. The average Bonchev–Trinajstić information content (AvgIpc) is 3.25. The van der Waals surface area contributed by atoms with Gasteiger partial charge in [-0.2, -0.15) is 16.9 Å². The lowest BCUT2D eigenvalue weighted by Crippen LogP contribution is -2.18. The van der Waals surface area contributed by atoms with Crippen molar-refractivity contribution in [3.8, 4) is 11.4 Å². The van der Waals surface area contributed by atoms with E-state index in [1.54, 1.807) is 35.7 Å². The lowest BCUT2D eigenvalue weighted by Gasteiger charge is -2.11. The topological polar surface area (TPSA) is 56.1 Å². The Balaban J connectivity index is 1.61. The van der Waals surface area contributed by atoms with Crippen molar-refractivity contribution in [1.29, 1.82) is 0 Å². The van der Waals surface area contributed by atoms with Crippen molar-refractivity contribution in [3.63, 3.8) is 0 Å². The number of hydrogen-bond donors (Lipinski definition) is 1. The van der Waals surface area contributed by atoms with Crippen LogP contribution in [0.2, 0.25) is 0 Å². The van der Waals surface area contributed by atoms with E-state index in [0.717, 1.165) is 28.3 Å². The van der Waals surface area contributed by atoms with E-state index in [-0.39, 0.29) is 18.1 Å². The smallest absolute Gasteiger partial charge is 0.229 e. The molecule has 0 spiro atoms. The zero-order chi connectivity index (χ0) is 18.8. The van der Waals surface area contributed by atoms with Crippen molar-refractivity contribution >= 4 is 23.5 Å². The largest absolute Gasteiger partial charge is 0.497 e. The third kappa shape index (κ3) is 3.68. The van der Waals surface area contributed by atoms with Crippen LogP contribution in [0.1, 0.15) is 16.8 Å². The van der Waals surface area contributed by atoms with Crippen LogP contribution in [-0.4, -0.2) is 22.8 Å². The van der Waals surface area contributed by atoms with Crippen LogP contribution < -0.4 is 10.1 Å². The highest BCUT2D eigenvalue weighted by Crippen LogP contribution is 2.36. The molecule has 0 aliphatic carbocycles. The number of fused-ring (bicyclic) bond motifs is 1. The van der Waals surface area contributed by atoms with Gasteiger partial charge in [0.1, 0.15) is 17.4 Å². The van der Waals surface area contributed by atoms with E-state index in [1.165, 1.54) is 12.1 Å². The Bertz CT molecular complexity index is 985. The maximum absolute atomic E-state index is 13.3. The molecule has 138 valence electrons. The summed E-state index contributed by atoms with van der Waals surface area (Å²) in [5.74, 6) is 2.54. The van der Waals surface area contributed by atoms with Gasteiger partial charge in [-0.05, 0) is 42.0 Å². The molecule has 0 saturated carbocycles. The van der Waals surface area contributed by atoms with E-state index in [9.17, 15) is 9.18 Å². The number of aromatic nitrogens is 2. The quantitative estimate of drug-likeness (QED) is 0.725. The minimum atomic E-state index is -0.308. The molecular formula is C20H18FN3O2S. The number of halogens is 1. The van der Waals surface area contributed by atoms with Crippen LogP contribution in [0, 0.1) is 5.82 Å². The van der Waals surface area contributed by atoms with E-state index in [1.807, 2.05) is 24.3 Å². The first-order valence-electron chi connectivity index (χ1n) is 8.51. The Hall–Kier alpha value is -2.80. The Labute approximate surface area is 160 Å². The number of thioether (sulfide) groups is 1. The van der Waals surface area contributed by atoms with Gasteiger partial charge < -0.3 is 10.1 Å². The summed E-state index contributed by atoms with van der Waals surface area (Å²) in [7, 11) is 1.60. The molecule has 4 rings (SSSR count). The molecule has 7 heteroatoms. The molecule has 0 unspecified atom stereocenters. The molecule has 27 heavy (non-hydrogen) atoms. The van der Waals surface area contributed by atoms with E-state index in [2.05, 4.69) is 10.4 Å². The van der Waals surface area contributed by atoms with Gasteiger partial charge in [-0.1, -0.05) is 12.1 Å². The molecular weight excluding hydrogens is 365 g/mol. The first kappa shape index (κ1) is 17.6. The molecule has 1 amide bonds. The summed E-state index contributed by atoms with van der Waals surface area (Å²) in [5, 5.41) is 7.62. The number of nitrogens with zero attached hydrogens (tertiary/aromatic N) is 2. The van der Waals surface area contributed by atoms with Crippen molar-refractivity contribution in [3.05, 3.63) is 71.2 Å². The molecule has 0 radical (unpaired) electrons. The summed E-state index contributed by atoms with van der Waals surface area (Å²) in [6.45, 7) is 0. The Morgan fingerprint density at radius 2 is 2.07 bits per heavy atom. The van der Waals surface area contributed by atoms with Gasteiger partial charge in [0.2, 0.25) is 5.91 Å². The number of carbonyl (C=O) groups is 1. The summed E-state index contributed by atoms with van der Waals surface area (Å²) in [4.78, 5) is 12.7. The molecule has 0 saturated heterocycles. The summed E-state index contributed by atoms with van der Waals surface area (Å²) in [5.41, 5.74) is 3.57. The fourth-order valence-electron chi connectivity index (χ4n) is 3.05. The highest BCUT2D eigenvalue weighted by molar-refractivity contribution is 7.98. The Morgan fingerprint density at radius 1 is 1.26 bits per heavy atom. The van der Waals surface area contributed by atoms with Gasteiger partial charge in [0.15, 0.2) is 0 Å². The van der Waals surface area contributed by atoms with Gasteiger partial charge in [-0.3, -0.25) is 4.79 Å². The standard InChI is InChI=1S/C20H18FN3O2S/c1-26-16-4-2-3-13(9-16)10-19(25)22-20-17-11-27-12-18(17)23-24(20)15-7-5-14(21)6-8-15/h2-9H,10-12H2,1H3,(H,22,25). The van der Waals surface area contributed by atoms with Crippen LogP contribution in [0.3, 0.4) is 0 Å². The number of ether oxygens (including phenoxy) is 1. The highest BCUT2D eigenvalue weighted by Gasteiger charge is 2.24. The fraction of sp³-hybridized carbons (Fsp3) is 0.200. The monoisotopic (exact) mass is 383 g/mol. The molecule has 5 nitrogen and oxygen atoms in total. The summed E-state index contributed by atoms with van der Waals surface area (Å²) >= 11 is 1.76. The lowest BCUT2D eigenvalue weighted by atomic mass is 10.1. The maximum Gasteiger partial charge on any atom is 0.229 e. The van der Waals surface area contributed by atoms with Crippen LogP contribution >= 0.6 is 11.8 Å². The number of hydrogen-bond acceptors (Lipinski definition) is 4. The zero-order valence-corrected chi connectivity index (χ0v) is 15.6. The summed E-state index contributed by atoms with van der Waals surface area (Å²) < 4.78 is 20.2. The van der Waals surface area contributed by atoms with Crippen LogP contribution in [0.4, 0.5) is 10.2 Å². The minimum absolute atomic E-state index is 0.133. The average molecular weight is 383 g/mol. The molecule has 1 aliphatic heterocycles. The lowest BCUT2D eigenvalue weighted by molar-refractivity contribution is -0.115. The first-order valence-corrected chi connectivity index (χ1v) is 9.67. The second-order valence-corrected chi connectivity index (χ2v) is 7.22. The normalized spacial score (nSPS) is 12.7. The second kappa shape index (κ2) is 7.44. The number of benzene rings is 2. The first-order chi connectivity index (χ1) is 13.1. The van der Waals surface area contributed by atoms with Gasteiger partial charge in [-0.15, -0.1) is 0 Å². The summed E-state index contributed by atoms with van der Waals surface area (Å²) in [6.07, 6.45) is 0.230. The molecule has 1 N–H and O–H groups in total. The van der Waals surface area contributed by atoms with Crippen LogP contribution in [0.5, 0.6) is 5.75 Å².